The molecule has 0 aromatic heterocycles. The van der Waals surface area contributed by atoms with Gasteiger partial charge in [0.25, 0.3) is 5.91 Å². The zero-order valence-electron chi connectivity index (χ0n) is 15.5. The molecule has 1 aromatic carbocycles. The van der Waals surface area contributed by atoms with Gasteiger partial charge in [-0.15, -0.1) is 0 Å². The summed E-state index contributed by atoms with van der Waals surface area (Å²) in [5.74, 6) is -0.153. The first-order valence-corrected chi connectivity index (χ1v) is 8.38. The van der Waals surface area contributed by atoms with Gasteiger partial charge in [-0.1, -0.05) is 6.07 Å². The lowest BCUT2D eigenvalue weighted by Crippen LogP contribution is -2.43. The normalized spacial score (nSPS) is 19.5. The SMILES string of the molecule is COCCCNC(=O)CN1C(=O)NC(C)(c2ccc(OC)c(C)c2)C1=O. The maximum absolute atomic E-state index is 12.8. The molecule has 1 atom stereocenters. The first-order valence-electron chi connectivity index (χ1n) is 8.38. The molecule has 8 nitrogen and oxygen atoms in total. The second kappa shape index (κ2) is 8.18. The summed E-state index contributed by atoms with van der Waals surface area (Å²) in [6.45, 7) is 4.12. The molecule has 1 aliphatic heterocycles. The summed E-state index contributed by atoms with van der Waals surface area (Å²) in [5, 5.41) is 5.36. The molecule has 1 unspecified atom stereocenters. The maximum atomic E-state index is 12.8. The van der Waals surface area contributed by atoms with Crippen molar-refractivity contribution in [2.75, 3.05) is 33.9 Å². The molecule has 26 heavy (non-hydrogen) atoms. The number of urea groups is 1. The van der Waals surface area contributed by atoms with Crippen LogP contribution >= 0.6 is 0 Å². The van der Waals surface area contributed by atoms with Crippen molar-refractivity contribution in [2.45, 2.75) is 25.8 Å². The lowest BCUT2D eigenvalue weighted by molar-refractivity contribution is -0.134. The van der Waals surface area contributed by atoms with Crippen molar-refractivity contribution in [3.63, 3.8) is 0 Å². The Labute approximate surface area is 152 Å². The monoisotopic (exact) mass is 363 g/mol. The van der Waals surface area contributed by atoms with E-state index in [9.17, 15) is 14.4 Å². The van der Waals surface area contributed by atoms with Crippen molar-refractivity contribution >= 4 is 17.8 Å². The summed E-state index contributed by atoms with van der Waals surface area (Å²) < 4.78 is 10.1. The van der Waals surface area contributed by atoms with Crippen LogP contribution in [-0.2, 0) is 19.9 Å². The van der Waals surface area contributed by atoms with Crippen molar-refractivity contribution in [3.05, 3.63) is 29.3 Å². The molecule has 0 aliphatic carbocycles. The van der Waals surface area contributed by atoms with E-state index in [1.54, 1.807) is 39.3 Å². The van der Waals surface area contributed by atoms with Crippen molar-refractivity contribution in [1.82, 2.24) is 15.5 Å². The van der Waals surface area contributed by atoms with Gasteiger partial charge in [-0.05, 0) is 43.5 Å². The van der Waals surface area contributed by atoms with Crippen molar-refractivity contribution in [3.8, 4) is 5.75 Å². The molecule has 1 aliphatic rings. The number of hydrogen-bond acceptors (Lipinski definition) is 5. The molecule has 8 heteroatoms. The minimum atomic E-state index is -1.22. The summed E-state index contributed by atoms with van der Waals surface area (Å²) in [5.41, 5.74) is 0.268. The van der Waals surface area contributed by atoms with Crippen LogP contribution in [0.3, 0.4) is 0 Å². The summed E-state index contributed by atoms with van der Waals surface area (Å²) in [6, 6.07) is 4.70. The Morgan fingerprint density at radius 1 is 1.31 bits per heavy atom. The maximum Gasteiger partial charge on any atom is 0.325 e. The average molecular weight is 363 g/mol. The topological polar surface area (TPSA) is 97.0 Å². The van der Waals surface area contributed by atoms with Crippen LogP contribution in [0.15, 0.2) is 18.2 Å². The smallest absolute Gasteiger partial charge is 0.325 e. The molecule has 4 amide bonds. The number of carbonyl (C=O) groups is 3. The molecule has 142 valence electrons. The van der Waals surface area contributed by atoms with Crippen LogP contribution in [0, 0.1) is 6.92 Å². The fourth-order valence-electron chi connectivity index (χ4n) is 2.87. The van der Waals surface area contributed by atoms with E-state index < -0.39 is 17.5 Å². The van der Waals surface area contributed by atoms with E-state index in [0.29, 0.717) is 30.9 Å². The average Bonchev–Trinajstić information content (AvgIpc) is 2.83. The lowest BCUT2D eigenvalue weighted by atomic mass is 9.90. The van der Waals surface area contributed by atoms with Crippen LogP contribution in [0.5, 0.6) is 5.75 Å². The molecule has 1 aromatic rings. The summed E-state index contributed by atoms with van der Waals surface area (Å²) >= 11 is 0. The number of benzene rings is 1. The number of ether oxygens (including phenoxy) is 2. The largest absolute Gasteiger partial charge is 0.496 e. The van der Waals surface area contributed by atoms with E-state index in [1.165, 1.54) is 0 Å². The van der Waals surface area contributed by atoms with Crippen molar-refractivity contribution in [2.24, 2.45) is 0 Å². The predicted octanol–water partition coefficient (Wildman–Crippen LogP) is 0.923. The number of imide groups is 1. The van der Waals surface area contributed by atoms with Gasteiger partial charge in [0.2, 0.25) is 5.91 Å². The van der Waals surface area contributed by atoms with Gasteiger partial charge in [-0.25, -0.2) is 4.79 Å². The highest BCUT2D eigenvalue weighted by atomic mass is 16.5. The van der Waals surface area contributed by atoms with Gasteiger partial charge in [0.15, 0.2) is 0 Å². The van der Waals surface area contributed by atoms with Gasteiger partial charge in [-0.2, -0.15) is 0 Å². The molecular formula is C18H25N3O5. The number of nitrogens with one attached hydrogen (secondary N) is 2. The Morgan fingerprint density at radius 3 is 2.65 bits per heavy atom. The number of nitrogens with zero attached hydrogens (tertiary/aromatic N) is 1. The Kier molecular flexibility index (Phi) is 6.20. The minimum Gasteiger partial charge on any atom is -0.496 e. The van der Waals surface area contributed by atoms with Crippen molar-refractivity contribution < 1.29 is 23.9 Å². The second-order valence-corrected chi connectivity index (χ2v) is 6.33. The highest BCUT2D eigenvalue weighted by Gasteiger charge is 2.49. The number of amides is 4. The van der Waals surface area contributed by atoms with Gasteiger partial charge in [0, 0.05) is 20.3 Å². The number of hydrogen-bond donors (Lipinski definition) is 2. The number of aryl methyl sites for hydroxylation is 1. The Bertz CT molecular complexity index is 706. The standard InChI is InChI=1S/C18H25N3O5/c1-12-10-13(6-7-14(12)26-4)18(2)16(23)21(17(24)20-18)11-15(22)19-8-5-9-25-3/h6-7,10H,5,8-9,11H2,1-4H3,(H,19,22)(H,20,24). The van der Waals surface area contributed by atoms with Crippen LogP contribution in [0.25, 0.3) is 0 Å². The zero-order valence-corrected chi connectivity index (χ0v) is 15.5. The third kappa shape index (κ3) is 3.96. The first kappa shape index (κ1) is 19.7. The van der Waals surface area contributed by atoms with Gasteiger partial charge in [0.1, 0.15) is 17.8 Å². The minimum absolute atomic E-state index is 0.317. The van der Waals surface area contributed by atoms with Crippen LogP contribution in [-0.4, -0.2) is 56.7 Å². The van der Waals surface area contributed by atoms with Crippen LogP contribution in [0.1, 0.15) is 24.5 Å². The van der Waals surface area contributed by atoms with Crippen molar-refractivity contribution in [1.29, 1.82) is 0 Å². The van der Waals surface area contributed by atoms with E-state index >= 15 is 0 Å². The van der Waals surface area contributed by atoms with Gasteiger partial charge < -0.3 is 20.1 Å². The number of methoxy groups -OCH3 is 2. The van der Waals surface area contributed by atoms with Crippen LogP contribution in [0.2, 0.25) is 0 Å². The van der Waals surface area contributed by atoms with Gasteiger partial charge in [-0.3, -0.25) is 14.5 Å². The van der Waals surface area contributed by atoms with E-state index in [2.05, 4.69) is 10.6 Å². The molecule has 0 radical (unpaired) electrons. The van der Waals surface area contributed by atoms with Gasteiger partial charge >= 0.3 is 6.03 Å². The van der Waals surface area contributed by atoms with E-state index in [4.69, 9.17) is 9.47 Å². The van der Waals surface area contributed by atoms with E-state index in [0.717, 1.165) is 10.5 Å². The summed E-state index contributed by atoms with van der Waals surface area (Å²) in [4.78, 5) is 38.0. The molecule has 1 saturated heterocycles. The predicted molar refractivity (Wildman–Crippen MR) is 94.8 cm³/mol. The molecule has 2 N–H and O–H groups in total. The molecule has 0 spiro atoms. The number of carbonyl (C=O) groups excluding carboxylic acids is 3. The van der Waals surface area contributed by atoms with E-state index in [-0.39, 0.29) is 12.5 Å². The van der Waals surface area contributed by atoms with E-state index in [1.807, 2.05) is 6.92 Å². The highest BCUT2D eigenvalue weighted by molar-refractivity contribution is 6.09. The number of rotatable bonds is 8. The third-order valence-electron chi connectivity index (χ3n) is 4.40. The molecule has 1 fully saturated rings. The molecule has 2 rings (SSSR count). The fourth-order valence-corrected chi connectivity index (χ4v) is 2.87. The lowest BCUT2D eigenvalue weighted by Gasteiger charge is -2.23. The fraction of sp³-hybridized carbons (Fsp3) is 0.500. The Morgan fingerprint density at radius 2 is 2.04 bits per heavy atom. The molecule has 1 heterocycles. The molecule has 0 saturated carbocycles. The van der Waals surface area contributed by atoms with Crippen LogP contribution < -0.4 is 15.4 Å². The summed E-state index contributed by atoms with van der Waals surface area (Å²) in [7, 11) is 3.15. The van der Waals surface area contributed by atoms with Crippen LogP contribution in [0.4, 0.5) is 4.79 Å². The quantitative estimate of drug-likeness (QED) is 0.529. The molecular weight excluding hydrogens is 338 g/mol. The van der Waals surface area contributed by atoms with Gasteiger partial charge in [0.05, 0.1) is 7.11 Å². The summed E-state index contributed by atoms with van der Waals surface area (Å²) in [6.07, 6.45) is 0.658. The third-order valence-corrected chi connectivity index (χ3v) is 4.40. The second-order valence-electron chi connectivity index (χ2n) is 6.33. The Hall–Kier alpha value is -2.61. The Balaban J connectivity index is 2.09. The first-order chi connectivity index (χ1) is 12.3. The molecule has 0 bridgehead atoms. The highest BCUT2D eigenvalue weighted by Crippen LogP contribution is 2.31. The zero-order chi connectivity index (χ0) is 19.3.